The van der Waals surface area contributed by atoms with E-state index in [1.165, 1.54) is 11.3 Å². The lowest BCUT2D eigenvalue weighted by Crippen LogP contribution is -2.41. The van der Waals surface area contributed by atoms with Crippen LogP contribution in [0.4, 0.5) is 0 Å². The van der Waals surface area contributed by atoms with E-state index in [0.717, 1.165) is 49.2 Å². The molecule has 0 bridgehead atoms. The van der Waals surface area contributed by atoms with Gasteiger partial charge in [-0.15, -0.1) is 11.3 Å². The van der Waals surface area contributed by atoms with Crippen LogP contribution in [-0.2, 0) is 4.74 Å². The van der Waals surface area contributed by atoms with Crippen molar-refractivity contribution in [3.8, 4) is 16.3 Å². The Bertz CT molecular complexity index is 709. The normalized spacial score (nSPS) is 15.2. The molecule has 0 atom stereocenters. The van der Waals surface area contributed by atoms with Crippen molar-refractivity contribution < 1.29 is 14.3 Å². The number of morpholine rings is 1. The fourth-order valence-electron chi connectivity index (χ4n) is 2.70. The summed E-state index contributed by atoms with van der Waals surface area (Å²) in [4.78, 5) is 19.0. The maximum absolute atomic E-state index is 12.3. The Kier molecular flexibility index (Phi) is 6.60. The first kappa shape index (κ1) is 18.8. The van der Waals surface area contributed by atoms with Crippen LogP contribution in [0.1, 0.15) is 24.3 Å². The van der Waals surface area contributed by atoms with Gasteiger partial charge in [-0.25, -0.2) is 4.98 Å². The molecule has 6 nitrogen and oxygen atoms in total. The molecule has 7 heteroatoms. The van der Waals surface area contributed by atoms with Crippen LogP contribution >= 0.6 is 11.3 Å². The molecule has 3 rings (SSSR count). The predicted octanol–water partition coefficient (Wildman–Crippen LogP) is 2.66. The molecule has 1 amide bonds. The van der Waals surface area contributed by atoms with Gasteiger partial charge in [0, 0.05) is 37.1 Å². The van der Waals surface area contributed by atoms with Crippen molar-refractivity contribution in [3.63, 3.8) is 0 Å². The first-order chi connectivity index (χ1) is 12.6. The minimum atomic E-state index is -0.125. The van der Waals surface area contributed by atoms with E-state index < -0.39 is 0 Å². The topological polar surface area (TPSA) is 63.7 Å². The van der Waals surface area contributed by atoms with Crippen molar-refractivity contribution >= 4 is 17.2 Å². The number of nitrogens with one attached hydrogen (secondary N) is 1. The number of thiazole rings is 1. The van der Waals surface area contributed by atoms with Gasteiger partial charge < -0.3 is 14.8 Å². The highest BCUT2D eigenvalue weighted by Crippen LogP contribution is 2.26. The van der Waals surface area contributed by atoms with Gasteiger partial charge in [-0.05, 0) is 38.1 Å². The van der Waals surface area contributed by atoms with Crippen molar-refractivity contribution in [1.29, 1.82) is 0 Å². The zero-order valence-electron chi connectivity index (χ0n) is 15.2. The van der Waals surface area contributed by atoms with Gasteiger partial charge in [0.25, 0.3) is 5.91 Å². The molecule has 2 heterocycles. The van der Waals surface area contributed by atoms with E-state index in [-0.39, 0.29) is 12.0 Å². The van der Waals surface area contributed by atoms with Crippen LogP contribution in [0.2, 0.25) is 0 Å². The Labute approximate surface area is 158 Å². The summed E-state index contributed by atoms with van der Waals surface area (Å²) in [6.07, 6.45) is 0.147. The Morgan fingerprint density at radius 3 is 2.73 bits per heavy atom. The SMILES string of the molecule is CC(C)Oc1ccc(-c2nc(C(=O)NCCN3CCOCC3)cs2)cc1. The number of rotatable bonds is 7. The summed E-state index contributed by atoms with van der Waals surface area (Å²) in [5, 5.41) is 5.58. The molecule has 1 aromatic heterocycles. The summed E-state index contributed by atoms with van der Waals surface area (Å²) >= 11 is 1.47. The second-order valence-electron chi connectivity index (χ2n) is 6.44. The molecule has 1 aliphatic heterocycles. The molecule has 26 heavy (non-hydrogen) atoms. The van der Waals surface area contributed by atoms with E-state index in [1.54, 1.807) is 5.38 Å². The molecule has 0 radical (unpaired) electrons. The molecular formula is C19H25N3O3S. The van der Waals surface area contributed by atoms with Gasteiger partial charge in [0.05, 0.1) is 19.3 Å². The van der Waals surface area contributed by atoms with Gasteiger partial charge in [0.1, 0.15) is 16.5 Å². The second kappa shape index (κ2) is 9.12. The molecule has 0 saturated carbocycles. The van der Waals surface area contributed by atoms with Gasteiger partial charge in [-0.3, -0.25) is 9.69 Å². The fraction of sp³-hybridized carbons (Fsp3) is 0.474. The Balaban J connectivity index is 1.52. The molecule has 1 fully saturated rings. The third kappa shape index (κ3) is 5.27. The number of ether oxygens (including phenoxy) is 2. The number of aromatic nitrogens is 1. The van der Waals surface area contributed by atoms with Crippen molar-refractivity contribution in [1.82, 2.24) is 15.2 Å². The van der Waals surface area contributed by atoms with Crippen molar-refractivity contribution in [2.45, 2.75) is 20.0 Å². The average Bonchev–Trinajstić information content (AvgIpc) is 3.13. The van der Waals surface area contributed by atoms with Gasteiger partial charge in [0.15, 0.2) is 0 Å². The minimum absolute atomic E-state index is 0.125. The number of carbonyl (C=O) groups excluding carboxylic acids is 1. The van der Waals surface area contributed by atoms with E-state index in [0.29, 0.717) is 12.2 Å². The smallest absolute Gasteiger partial charge is 0.270 e. The first-order valence-corrected chi connectivity index (χ1v) is 9.80. The third-order valence-corrected chi connectivity index (χ3v) is 4.92. The summed E-state index contributed by atoms with van der Waals surface area (Å²) in [7, 11) is 0. The summed E-state index contributed by atoms with van der Waals surface area (Å²) < 4.78 is 11.0. The number of nitrogens with zero attached hydrogens (tertiary/aromatic N) is 2. The quantitative estimate of drug-likeness (QED) is 0.806. The number of benzene rings is 1. The highest BCUT2D eigenvalue weighted by molar-refractivity contribution is 7.13. The maximum atomic E-state index is 12.3. The van der Waals surface area contributed by atoms with Gasteiger partial charge in [0.2, 0.25) is 0 Å². The van der Waals surface area contributed by atoms with Crippen LogP contribution in [0, 0.1) is 0 Å². The average molecular weight is 375 g/mol. The van der Waals surface area contributed by atoms with Crippen LogP contribution in [-0.4, -0.2) is 61.3 Å². The number of hydrogen-bond acceptors (Lipinski definition) is 6. The van der Waals surface area contributed by atoms with Crippen LogP contribution in [0.25, 0.3) is 10.6 Å². The van der Waals surface area contributed by atoms with Crippen LogP contribution in [0.3, 0.4) is 0 Å². The number of amides is 1. The predicted molar refractivity (Wildman–Crippen MR) is 103 cm³/mol. The largest absolute Gasteiger partial charge is 0.491 e. The lowest BCUT2D eigenvalue weighted by molar-refractivity contribution is 0.0383. The van der Waals surface area contributed by atoms with E-state index in [1.807, 2.05) is 38.1 Å². The lowest BCUT2D eigenvalue weighted by atomic mass is 10.2. The lowest BCUT2D eigenvalue weighted by Gasteiger charge is -2.26. The van der Waals surface area contributed by atoms with E-state index in [4.69, 9.17) is 9.47 Å². The molecular weight excluding hydrogens is 350 g/mol. The number of hydrogen-bond donors (Lipinski definition) is 1. The Morgan fingerprint density at radius 2 is 2.04 bits per heavy atom. The fourth-order valence-corrected chi connectivity index (χ4v) is 3.51. The summed E-state index contributed by atoms with van der Waals surface area (Å²) in [5.41, 5.74) is 1.45. The van der Waals surface area contributed by atoms with E-state index >= 15 is 0 Å². The molecule has 1 aromatic carbocycles. The minimum Gasteiger partial charge on any atom is -0.491 e. The number of carbonyl (C=O) groups is 1. The van der Waals surface area contributed by atoms with Crippen LogP contribution < -0.4 is 10.1 Å². The zero-order valence-corrected chi connectivity index (χ0v) is 16.1. The molecule has 140 valence electrons. The van der Waals surface area contributed by atoms with Crippen molar-refractivity contribution in [3.05, 3.63) is 35.3 Å². The maximum Gasteiger partial charge on any atom is 0.270 e. The molecule has 1 aliphatic rings. The molecule has 2 aromatic rings. The summed E-state index contributed by atoms with van der Waals surface area (Å²) in [6.45, 7) is 8.84. The molecule has 1 N–H and O–H groups in total. The standard InChI is InChI=1S/C19H25N3O3S/c1-14(2)25-16-5-3-15(4-6-16)19-21-17(13-26-19)18(23)20-7-8-22-9-11-24-12-10-22/h3-6,13-14H,7-12H2,1-2H3,(H,20,23). The monoisotopic (exact) mass is 375 g/mol. The highest BCUT2D eigenvalue weighted by Gasteiger charge is 2.14. The van der Waals surface area contributed by atoms with E-state index in [2.05, 4.69) is 15.2 Å². The van der Waals surface area contributed by atoms with E-state index in [9.17, 15) is 4.79 Å². The van der Waals surface area contributed by atoms with Gasteiger partial charge in [-0.1, -0.05) is 0 Å². The molecule has 1 saturated heterocycles. The zero-order chi connectivity index (χ0) is 18.4. The summed E-state index contributed by atoms with van der Waals surface area (Å²) in [5.74, 6) is 0.710. The van der Waals surface area contributed by atoms with Gasteiger partial charge >= 0.3 is 0 Å². The Morgan fingerprint density at radius 1 is 1.31 bits per heavy atom. The molecule has 0 unspecified atom stereocenters. The van der Waals surface area contributed by atoms with Crippen molar-refractivity contribution in [2.75, 3.05) is 39.4 Å². The van der Waals surface area contributed by atoms with Gasteiger partial charge in [-0.2, -0.15) is 0 Å². The van der Waals surface area contributed by atoms with Crippen LogP contribution in [0.15, 0.2) is 29.6 Å². The Hall–Kier alpha value is -1.96. The molecule has 0 spiro atoms. The van der Waals surface area contributed by atoms with Crippen LogP contribution in [0.5, 0.6) is 5.75 Å². The first-order valence-electron chi connectivity index (χ1n) is 8.93. The second-order valence-corrected chi connectivity index (χ2v) is 7.30. The van der Waals surface area contributed by atoms with Crippen molar-refractivity contribution in [2.24, 2.45) is 0 Å². The third-order valence-electron chi connectivity index (χ3n) is 4.03. The molecule has 0 aliphatic carbocycles. The highest BCUT2D eigenvalue weighted by atomic mass is 32.1. The summed E-state index contributed by atoms with van der Waals surface area (Å²) in [6, 6.07) is 7.80.